The quantitative estimate of drug-likeness (QED) is 0.332. The van der Waals surface area contributed by atoms with Crippen LogP contribution in [0.1, 0.15) is 80.0 Å². The van der Waals surface area contributed by atoms with Crippen molar-refractivity contribution in [1.29, 1.82) is 0 Å². The molecule has 0 saturated heterocycles. The highest BCUT2D eigenvalue weighted by atomic mass is 32.1. The molecule has 4 aliphatic rings. The Balaban J connectivity index is 1.18. The van der Waals surface area contributed by atoms with Crippen LogP contribution < -0.4 is 20.9 Å². The average Bonchev–Trinajstić information content (AvgIpc) is 3.37. The van der Waals surface area contributed by atoms with E-state index in [-0.39, 0.29) is 12.2 Å². The lowest BCUT2D eigenvalue weighted by Gasteiger charge is -2.57. The second-order valence-corrected chi connectivity index (χ2v) is 13.2. The third-order valence-corrected chi connectivity index (χ3v) is 10.0. The van der Waals surface area contributed by atoms with E-state index in [1.807, 2.05) is 13.1 Å². The number of fused-ring (bicyclic) bond motifs is 1. The molecule has 1 aromatic carbocycles. The van der Waals surface area contributed by atoms with E-state index >= 15 is 0 Å². The van der Waals surface area contributed by atoms with Gasteiger partial charge in [0.1, 0.15) is 34.6 Å². The maximum absolute atomic E-state index is 13.7. The second kappa shape index (κ2) is 11.0. The number of hydrogen-bond donors (Lipinski definition) is 2. The highest BCUT2D eigenvalue weighted by Gasteiger charge is 2.50. The van der Waals surface area contributed by atoms with E-state index in [0.29, 0.717) is 47.3 Å². The molecule has 1 unspecified atom stereocenters. The molecule has 2 amide bonds. The molecule has 1 atom stereocenters. The Hall–Kier alpha value is -3.11. The number of hydrogen-bond acceptors (Lipinski definition) is 8. The van der Waals surface area contributed by atoms with Crippen molar-refractivity contribution in [3.63, 3.8) is 0 Å². The summed E-state index contributed by atoms with van der Waals surface area (Å²) in [6.45, 7) is 4.68. The number of ether oxygens (including phenoxy) is 1. The van der Waals surface area contributed by atoms with Crippen LogP contribution in [0.2, 0.25) is 0 Å². The average molecular weight is 564 g/mol. The lowest BCUT2D eigenvalue weighted by molar-refractivity contribution is -0.128. The molecular weight excluding hydrogens is 526 g/mol. The normalized spacial score (nSPS) is 25.7. The Morgan fingerprint density at radius 1 is 1.23 bits per heavy atom. The van der Waals surface area contributed by atoms with Crippen molar-refractivity contribution in [3.05, 3.63) is 50.5 Å². The predicted octanol–water partition coefficient (Wildman–Crippen LogP) is 4.41. The standard InChI is InChI=1S/C30H37N5O4S/c1-3-5-24(28(37)32-17-36)35-18(2)34-23-6-4-7-25(27(23)29(35)38)39-16-26-31-14-22(40-26)15-33-30-11-19-8-20(12-30)10-21(9-19)13-30/h4,6-7,14,17,19-21,24,33H,3,5,8-13,15-16H2,1-2H3,(H,32,36,37). The summed E-state index contributed by atoms with van der Waals surface area (Å²) in [7, 11) is 0. The van der Waals surface area contributed by atoms with Crippen molar-refractivity contribution in [2.45, 2.75) is 89.9 Å². The van der Waals surface area contributed by atoms with Crippen LogP contribution in [-0.2, 0) is 22.7 Å². The van der Waals surface area contributed by atoms with Gasteiger partial charge in [0, 0.05) is 23.2 Å². The van der Waals surface area contributed by atoms with Gasteiger partial charge in [0.2, 0.25) is 12.3 Å². The predicted molar refractivity (Wildman–Crippen MR) is 153 cm³/mol. The Labute approximate surface area is 237 Å². The van der Waals surface area contributed by atoms with Crippen molar-refractivity contribution < 1.29 is 14.3 Å². The largest absolute Gasteiger partial charge is 0.486 e. The second-order valence-electron chi connectivity index (χ2n) is 12.0. The van der Waals surface area contributed by atoms with Gasteiger partial charge in [-0.1, -0.05) is 19.4 Å². The molecule has 0 spiro atoms. The highest BCUT2D eigenvalue weighted by Crippen LogP contribution is 2.55. The minimum absolute atomic E-state index is 0.235. The van der Waals surface area contributed by atoms with Crippen LogP contribution in [0.4, 0.5) is 0 Å². The third-order valence-electron chi connectivity index (χ3n) is 9.07. The molecule has 10 heteroatoms. The first-order valence-electron chi connectivity index (χ1n) is 14.5. The highest BCUT2D eigenvalue weighted by molar-refractivity contribution is 7.11. The number of rotatable bonds is 11. The molecule has 7 rings (SSSR count). The van der Waals surface area contributed by atoms with Crippen molar-refractivity contribution in [3.8, 4) is 5.75 Å². The number of carbonyl (C=O) groups is 2. The summed E-state index contributed by atoms with van der Waals surface area (Å²) in [6, 6.07) is 4.47. The molecule has 3 aromatic rings. The lowest BCUT2D eigenvalue weighted by Crippen LogP contribution is -2.58. The van der Waals surface area contributed by atoms with Crippen LogP contribution in [0.3, 0.4) is 0 Å². The van der Waals surface area contributed by atoms with Crippen molar-refractivity contribution in [1.82, 2.24) is 25.2 Å². The van der Waals surface area contributed by atoms with Crippen molar-refractivity contribution in [2.24, 2.45) is 17.8 Å². The van der Waals surface area contributed by atoms with Gasteiger partial charge in [-0.05, 0) is 81.8 Å². The molecule has 0 radical (unpaired) electrons. The number of amides is 2. The fourth-order valence-corrected chi connectivity index (χ4v) is 8.63. The van der Waals surface area contributed by atoms with E-state index in [9.17, 15) is 14.4 Å². The van der Waals surface area contributed by atoms with Gasteiger partial charge in [0.25, 0.3) is 5.56 Å². The fraction of sp³-hybridized carbons (Fsp3) is 0.567. The SMILES string of the molecule is CCCC(C(=O)NC=O)n1c(C)nc2cccc(OCc3ncc(CNC45CC6CC(CC(C6)C4)C5)s3)c2c1=O. The minimum atomic E-state index is -0.837. The molecule has 0 aliphatic heterocycles. The van der Waals surface area contributed by atoms with Gasteiger partial charge in [-0.3, -0.25) is 24.3 Å². The van der Waals surface area contributed by atoms with Crippen LogP contribution in [0.5, 0.6) is 5.75 Å². The summed E-state index contributed by atoms with van der Waals surface area (Å²) >= 11 is 1.63. The zero-order chi connectivity index (χ0) is 27.9. The van der Waals surface area contributed by atoms with E-state index in [1.165, 1.54) is 48.0 Å². The Morgan fingerprint density at radius 3 is 2.62 bits per heavy atom. The molecule has 9 nitrogen and oxygen atoms in total. The molecule has 2 N–H and O–H groups in total. The van der Waals surface area contributed by atoms with Gasteiger partial charge in [-0.25, -0.2) is 9.97 Å². The first kappa shape index (κ1) is 27.1. The monoisotopic (exact) mass is 563 g/mol. The fourth-order valence-electron chi connectivity index (χ4n) is 7.85. The maximum Gasteiger partial charge on any atom is 0.265 e. The molecule has 2 aromatic heterocycles. The number of imide groups is 1. The number of nitrogens with one attached hydrogen (secondary N) is 2. The van der Waals surface area contributed by atoms with Crippen LogP contribution >= 0.6 is 11.3 Å². The molecule has 4 aliphatic carbocycles. The van der Waals surface area contributed by atoms with E-state index < -0.39 is 11.9 Å². The summed E-state index contributed by atoms with van der Waals surface area (Å²) in [4.78, 5) is 47.7. The van der Waals surface area contributed by atoms with E-state index in [2.05, 4.69) is 20.6 Å². The van der Waals surface area contributed by atoms with Gasteiger partial charge in [-0.15, -0.1) is 11.3 Å². The zero-order valence-electron chi connectivity index (χ0n) is 23.2. The number of thiazole rings is 1. The minimum Gasteiger partial charge on any atom is -0.486 e. The van der Waals surface area contributed by atoms with Crippen LogP contribution in [0, 0.1) is 24.7 Å². The maximum atomic E-state index is 13.7. The first-order valence-corrected chi connectivity index (χ1v) is 15.3. The smallest absolute Gasteiger partial charge is 0.265 e. The molecule has 2 heterocycles. The van der Waals surface area contributed by atoms with Crippen molar-refractivity contribution >= 4 is 34.6 Å². The summed E-state index contributed by atoms with van der Waals surface area (Å²) in [5.74, 6) is 3.00. The number of carbonyl (C=O) groups excluding carboxylic acids is 2. The number of aromatic nitrogens is 3. The first-order chi connectivity index (χ1) is 19.4. The number of benzene rings is 1. The molecule has 4 saturated carbocycles. The topological polar surface area (TPSA) is 115 Å². The third kappa shape index (κ3) is 5.19. The summed E-state index contributed by atoms with van der Waals surface area (Å²) in [5, 5.41) is 7.28. The zero-order valence-corrected chi connectivity index (χ0v) is 24.0. The lowest BCUT2D eigenvalue weighted by atomic mass is 9.53. The van der Waals surface area contributed by atoms with E-state index in [1.54, 1.807) is 36.5 Å². The molecule has 40 heavy (non-hydrogen) atoms. The van der Waals surface area contributed by atoms with Gasteiger partial charge in [0.15, 0.2) is 0 Å². The Kier molecular flexibility index (Phi) is 7.48. The Bertz CT molecular complexity index is 1450. The van der Waals surface area contributed by atoms with Gasteiger partial charge in [0.05, 0.1) is 5.52 Å². The van der Waals surface area contributed by atoms with Crippen LogP contribution in [0.25, 0.3) is 10.9 Å². The summed E-state index contributed by atoms with van der Waals surface area (Å²) in [6.07, 6.45) is 11.6. The van der Waals surface area contributed by atoms with E-state index in [0.717, 1.165) is 29.3 Å². The number of aryl methyl sites for hydroxylation is 1. The van der Waals surface area contributed by atoms with Crippen molar-refractivity contribution in [2.75, 3.05) is 0 Å². The van der Waals surface area contributed by atoms with Gasteiger partial charge in [-0.2, -0.15) is 0 Å². The molecule has 4 fully saturated rings. The summed E-state index contributed by atoms with van der Waals surface area (Å²) < 4.78 is 7.51. The van der Waals surface area contributed by atoms with Crippen LogP contribution in [-0.4, -0.2) is 32.4 Å². The molecular formula is C30H37N5O4S. The molecule has 212 valence electrons. The van der Waals surface area contributed by atoms with Gasteiger partial charge >= 0.3 is 0 Å². The van der Waals surface area contributed by atoms with E-state index in [4.69, 9.17) is 4.74 Å². The van der Waals surface area contributed by atoms with Crippen LogP contribution in [0.15, 0.2) is 29.2 Å². The van der Waals surface area contributed by atoms with Gasteiger partial charge < -0.3 is 10.1 Å². The number of nitrogens with zero attached hydrogens (tertiary/aromatic N) is 3. The molecule has 4 bridgehead atoms. The Morgan fingerprint density at radius 2 is 1.95 bits per heavy atom. The summed E-state index contributed by atoms with van der Waals surface area (Å²) in [5.41, 5.74) is 0.445.